The summed E-state index contributed by atoms with van der Waals surface area (Å²) < 4.78 is 5.13. The minimum Gasteiger partial charge on any atom is -0.497 e. The summed E-state index contributed by atoms with van der Waals surface area (Å²) in [5, 5.41) is 10.8. The Morgan fingerprint density at radius 2 is 1.53 bits per heavy atom. The lowest BCUT2D eigenvalue weighted by atomic mass is 10.1. The van der Waals surface area contributed by atoms with Gasteiger partial charge in [-0.1, -0.05) is 0 Å². The van der Waals surface area contributed by atoms with Crippen LogP contribution < -0.4 is 14.5 Å². The van der Waals surface area contributed by atoms with Gasteiger partial charge in [0.25, 0.3) is 11.6 Å². The van der Waals surface area contributed by atoms with Gasteiger partial charge in [-0.2, -0.15) is 0 Å². The fraction of sp³-hybridized carbons (Fsp3) is 0.333. The number of nitro benzene ring substituents is 1. The molecule has 4 rings (SSSR count). The average molecular weight is 410 g/mol. The number of hydrogen-bond acceptors (Lipinski definition) is 7. The van der Waals surface area contributed by atoms with Crippen molar-refractivity contribution in [3.63, 3.8) is 0 Å². The Morgan fingerprint density at radius 3 is 2.10 bits per heavy atom. The van der Waals surface area contributed by atoms with Crippen molar-refractivity contribution in [1.29, 1.82) is 0 Å². The number of nitro groups is 1. The van der Waals surface area contributed by atoms with Crippen molar-refractivity contribution in [2.45, 2.75) is 12.5 Å². The van der Waals surface area contributed by atoms with Gasteiger partial charge in [0.05, 0.1) is 30.2 Å². The normalized spacial score (nSPS) is 20.0. The maximum absolute atomic E-state index is 13.0. The van der Waals surface area contributed by atoms with Crippen molar-refractivity contribution >= 4 is 28.9 Å². The SMILES string of the molecule is COc1ccc(N2C(=O)C[C@H](N3CCN(c4ccc([N+](=O)[O-])cc4)CC3)C2=O)cc1. The molecule has 9 heteroatoms. The van der Waals surface area contributed by atoms with Crippen LogP contribution in [0.1, 0.15) is 6.42 Å². The molecular weight excluding hydrogens is 388 g/mol. The Bertz CT molecular complexity index is 952. The Hall–Kier alpha value is -3.46. The van der Waals surface area contributed by atoms with Crippen LogP contribution in [0, 0.1) is 10.1 Å². The third kappa shape index (κ3) is 3.71. The number of rotatable bonds is 5. The predicted octanol–water partition coefficient (Wildman–Crippen LogP) is 2.06. The van der Waals surface area contributed by atoms with Crippen molar-refractivity contribution in [2.24, 2.45) is 0 Å². The smallest absolute Gasteiger partial charge is 0.269 e. The van der Waals surface area contributed by atoms with E-state index in [1.165, 1.54) is 17.0 Å². The summed E-state index contributed by atoms with van der Waals surface area (Å²) >= 11 is 0. The summed E-state index contributed by atoms with van der Waals surface area (Å²) in [6, 6.07) is 12.9. The van der Waals surface area contributed by atoms with Crippen molar-refractivity contribution in [3.05, 3.63) is 58.6 Å². The van der Waals surface area contributed by atoms with Crippen LogP contribution in [-0.2, 0) is 9.59 Å². The number of carbonyl (C=O) groups excluding carboxylic acids is 2. The molecule has 0 bridgehead atoms. The first-order chi connectivity index (χ1) is 14.5. The van der Waals surface area contributed by atoms with E-state index in [-0.39, 0.29) is 23.9 Å². The van der Waals surface area contributed by atoms with E-state index in [1.54, 1.807) is 43.5 Å². The second kappa shape index (κ2) is 8.11. The number of hydrogen-bond donors (Lipinski definition) is 0. The summed E-state index contributed by atoms with van der Waals surface area (Å²) in [4.78, 5) is 41.4. The Balaban J connectivity index is 1.40. The molecule has 0 aliphatic carbocycles. The highest BCUT2D eigenvalue weighted by atomic mass is 16.6. The number of benzene rings is 2. The van der Waals surface area contributed by atoms with E-state index in [1.807, 2.05) is 4.90 Å². The number of anilines is 2. The molecule has 30 heavy (non-hydrogen) atoms. The van der Waals surface area contributed by atoms with E-state index in [2.05, 4.69) is 4.90 Å². The molecule has 2 aliphatic rings. The Morgan fingerprint density at radius 1 is 0.933 bits per heavy atom. The van der Waals surface area contributed by atoms with Gasteiger partial charge >= 0.3 is 0 Å². The first-order valence-corrected chi connectivity index (χ1v) is 9.72. The zero-order valence-electron chi connectivity index (χ0n) is 16.6. The van der Waals surface area contributed by atoms with Gasteiger partial charge in [0.1, 0.15) is 5.75 Å². The molecule has 2 fully saturated rings. The number of methoxy groups -OCH3 is 1. The van der Waals surface area contributed by atoms with Gasteiger partial charge in [0.15, 0.2) is 0 Å². The summed E-state index contributed by atoms with van der Waals surface area (Å²) in [5.74, 6) is 0.263. The molecule has 2 aliphatic heterocycles. The molecule has 0 saturated carbocycles. The van der Waals surface area contributed by atoms with Crippen molar-refractivity contribution in [2.75, 3.05) is 43.1 Å². The lowest BCUT2D eigenvalue weighted by Crippen LogP contribution is -2.52. The van der Waals surface area contributed by atoms with E-state index in [0.717, 1.165) is 5.69 Å². The summed E-state index contributed by atoms with van der Waals surface area (Å²) in [7, 11) is 1.56. The molecule has 0 N–H and O–H groups in total. The van der Waals surface area contributed by atoms with Crippen molar-refractivity contribution < 1.29 is 19.2 Å². The van der Waals surface area contributed by atoms with E-state index in [4.69, 9.17) is 4.74 Å². The van der Waals surface area contributed by atoms with Gasteiger partial charge in [-0.15, -0.1) is 0 Å². The molecule has 2 aromatic rings. The molecule has 2 amide bonds. The number of amides is 2. The highest BCUT2D eigenvalue weighted by molar-refractivity contribution is 6.22. The van der Waals surface area contributed by atoms with E-state index < -0.39 is 11.0 Å². The lowest BCUT2D eigenvalue weighted by molar-refractivity contribution is -0.384. The number of non-ortho nitro benzene ring substituents is 1. The molecule has 2 heterocycles. The van der Waals surface area contributed by atoms with Gasteiger partial charge in [-0.3, -0.25) is 24.6 Å². The molecule has 1 atom stereocenters. The molecule has 2 aromatic carbocycles. The van der Waals surface area contributed by atoms with Crippen molar-refractivity contribution in [1.82, 2.24) is 4.90 Å². The van der Waals surface area contributed by atoms with Gasteiger partial charge in [-0.25, -0.2) is 4.90 Å². The van der Waals surface area contributed by atoms with Gasteiger partial charge in [-0.05, 0) is 36.4 Å². The van der Waals surface area contributed by atoms with Gasteiger partial charge < -0.3 is 9.64 Å². The topological polar surface area (TPSA) is 96.2 Å². The van der Waals surface area contributed by atoms with Crippen LogP contribution in [0.4, 0.5) is 17.1 Å². The first kappa shape index (κ1) is 19.8. The molecule has 0 unspecified atom stereocenters. The Labute approximate surface area is 173 Å². The van der Waals surface area contributed by atoms with Crippen LogP contribution in [0.2, 0.25) is 0 Å². The molecule has 0 spiro atoms. The quantitative estimate of drug-likeness (QED) is 0.423. The Kier molecular flexibility index (Phi) is 5.37. The fourth-order valence-electron chi connectivity index (χ4n) is 3.98. The van der Waals surface area contributed by atoms with Crippen LogP contribution in [-0.4, -0.2) is 61.0 Å². The third-order valence-corrected chi connectivity index (χ3v) is 5.63. The monoisotopic (exact) mass is 410 g/mol. The van der Waals surface area contributed by atoms with Crippen LogP contribution in [0.25, 0.3) is 0 Å². The lowest BCUT2D eigenvalue weighted by Gasteiger charge is -2.38. The van der Waals surface area contributed by atoms with E-state index >= 15 is 0 Å². The molecule has 2 saturated heterocycles. The van der Waals surface area contributed by atoms with Crippen LogP contribution in [0.5, 0.6) is 5.75 Å². The number of nitrogens with zero attached hydrogens (tertiary/aromatic N) is 4. The van der Waals surface area contributed by atoms with Crippen LogP contribution >= 0.6 is 0 Å². The first-order valence-electron chi connectivity index (χ1n) is 9.72. The number of imide groups is 1. The van der Waals surface area contributed by atoms with E-state index in [9.17, 15) is 19.7 Å². The third-order valence-electron chi connectivity index (χ3n) is 5.63. The minimum atomic E-state index is -0.460. The van der Waals surface area contributed by atoms with Gasteiger partial charge in [0.2, 0.25) is 5.91 Å². The molecule has 0 aromatic heterocycles. The van der Waals surface area contributed by atoms with E-state index in [0.29, 0.717) is 37.6 Å². The van der Waals surface area contributed by atoms with Crippen molar-refractivity contribution in [3.8, 4) is 5.75 Å². The number of ether oxygens (including phenoxy) is 1. The zero-order valence-corrected chi connectivity index (χ0v) is 16.6. The standard InChI is InChI=1S/C21H22N4O5/c1-30-18-8-6-16(7-9-18)24-20(26)14-19(21(24)27)23-12-10-22(11-13-23)15-2-4-17(5-3-15)25(28)29/h2-9,19H,10-14H2,1H3/t19-/m0/s1. The highest BCUT2D eigenvalue weighted by Gasteiger charge is 2.43. The molecule has 0 radical (unpaired) electrons. The number of piperazine rings is 1. The summed E-state index contributed by atoms with van der Waals surface area (Å²) in [6.07, 6.45) is 0.169. The highest BCUT2D eigenvalue weighted by Crippen LogP contribution is 2.28. The second-order valence-electron chi connectivity index (χ2n) is 7.28. The van der Waals surface area contributed by atoms with Crippen LogP contribution in [0.15, 0.2) is 48.5 Å². The predicted molar refractivity (Wildman–Crippen MR) is 111 cm³/mol. The second-order valence-corrected chi connectivity index (χ2v) is 7.28. The molecular formula is C21H22N4O5. The largest absolute Gasteiger partial charge is 0.497 e. The summed E-state index contributed by atoms with van der Waals surface area (Å²) in [6.45, 7) is 2.63. The van der Waals surface area contributed by atoms with Gasteiger partial charge in [0, 0.05) is 44.0 Å². The molecule has 9 nitrogen and oxygen atoms in total. The zero-order chi connectivity index (χ0) is 21.3. The summed E-state index contributed by atoms with van der Waals surface area (Å²) in [5.41, 5.74) is 1.53. The maximum atomic E-state index is 13.0. The maximum Gasteiger partial charge on any atom is 0.269 e. The number of carbonyl (C=O) groups is 2. The fourth-order valence-corrected chi connectivity index (χ4v) is 3.98. The average Bonchev–Trinajstić information content (AvgIpc) is 3.08. The molecule has 156 valence electrons. The minimum absolute atomic E-state index is 0.0612. The van der Waals surface area contributed by atoms with Crippen LogP contribution in [0.3, 0.4) is 0 Å².